The minimum absolute atomic E-state index is 0.158. The molecule has 1 atom stereocenters. The Morgan fingerprint density at radius 2 is 1.83 bits per heavy atom. The number of likely N-dealkylation sites (N-methyl/N-ethyl adjacent to an activating group) is 1. The van der Waals surface area contributed by atoms with Crippen molar-refractivity contribution in [3.63, 3.8) is 0 Å². The fourth-order valence-corrected chi connectivity index (χ4v) is 5.86. The lowest BCUT2D eigenvalue weighted by Crippen LogP contribution is -2.56. The van der Waals surface area contributed by atoms with E-state index in [9.17, 15) is 9.59 Å². The lowest BCUT2D eigenvalue weighted by Gasteiger charge is -2.48. The first-order valence-corrected chi connectivity index (χ1v) is 11.9. The second kappa shape index (κ2) is 9.17. The Bertz CT molecular complexity index is 635. The fourth-order valence-electron chi connectivity index (χ4n) is 5.86. The summed E-state index contributed by atoms with van der Waals surface area (Å²) in [5.41, 5.74) is 0.566. The molecule has 1 unspecified atom stereocenters. The van der Waals surface area contributed by atoms with Crippen LogP contribution in [0.15, 0.2) is 11.8 Å². The van der Waals surface area contributed by atoms with E-state index < -0.39 is 5.41 Å². The van der Waals surface area contributed by atoms with Crippen molar-refractivity contribution in [3.05, 3.63) is 11.8 Å². The van der Waals surface area contributed by atoms with E-state index in [1.165, 1.54) is 12.8 Å². The maximum atomic E-state index is 13.4. The standard InChI is InChI=1S/C23H38N4O2/c1-2-25-15-17-26(18-16-25)14-13-24-22(29)23-11-6-5-9-20(23)27(21(28)10-12-23)19-7-3-4-8-19/h9,19H,2-8,10-18H2,1H3,(H,24,29). The number of nitrogens with zero attached hydrogens (tertiary/aromatic N) is 3. The third-order valence-corrected chi connectivity index (χ3v) is 7.68. The Hall–Kier alpha value is -1.40. The summed E-state index contributed by atoms with van der Waals surface area (Å²) in [5, 5.41) is 3.27. The molecule has 0 bridgehead atoms. The van der Waals surface area contributed by atoms with Crippen LogP contribution in [-0.2, 0) is 9.59 Å². The molecule has 162 valence electrons. The van der Waals surface area contributed by atoms with Gasteiger partial charge in [0.1, 0.15) is 0 Å². The first-order chi connectivity index (χ1) is 14.1. The predicted molar refractivity (Wildman–Crippen MR) is 114 cm³/mol. The first-order valence-electron chi connectivity index (χ1n) is 11.9. The zero-order valence-electron chi connectivity index (χ0n) is 18.1. The molecule has 0 aromatic rings. The highest BCUT2D eigenvalue weighted by molar-refractivity contribution is 5.91. The number of amides is 2. The Labute approximate surface area is 175 Å². The highest BCUT2D eigenvalue weighted by Gasteiger charge is 2.51. The summed E-state index contributed by atoms with van der Waals surface area (Å²) in [5.74, 6) is 0.397. The van der Waals surface area contributed by atoms with Gasteiger partial charge in [0.05, 0.1) is 5.41 Å². The second-order valence-corrected chi connectivity index (χ2v) is 9.30. The van der Waals surface area contributed by atoms with Crippen molar-refractivity contribution in [2.75, 3.05) is 45.8 Å². The number of carbonyl (C=O) groups is 2. The molecule has 3 fully saturated rings. The molecule has 6 heteroatoms. The number of rotatable bonds is 6. The predicted octanol–water partition coefficient (Wildman–Crippen LogP) is 2.36. The van der Waals surface area contributed by atoms with Crippen LogP contribution in [0.2, 0.25) is 0 Å². The van der Waals surface area contributed by atoms with Crippen molar-refractivity contribution >= 4 is 11.8 Å². The number of piperidine rings is 1. The number of likely N-dealkylation sites (tertiary alicyclic amines) is 1. The van der Waals surface area contributed by atoms with Gasteiger partial charge in [-0.1, -0.05) is 25.8 Å². The maximum Gasteiger partial charge on any atom is 0.232 e. The van der Waals surface area contributed by atoms with E-state index in [-0.39, 0.29) is 11.8 Å². The molecule has 2 saturated heterocycles. The lowest BCUT2D eigenvalue weighted by molar-refractivity contribution is -0.142. The third kappa shape index (κ3) is 4.24. The molecular formula is C23H38N4O2. The Morgan fingerprint density at radius 1 is 1.10 bits per heavy atom. The van der Waals surface area contributed by atoms with Gasteiger partial charge in [-0.15, -0.1) is 0 Å². The Morgan fingerprint density at radius 3 is 2.55 bits per heavy atom. The molecule has 4 aliphatic rings. The SMILES string of the molecule is CCN1CCN(CCNC(=O)C23CCCC=C2N(C2CCCC2)C(=O)CC3)CC1. The normalized spacial score (nSPS) is 29.6. The van der Waals surface area contributed by atoms with Crippen molar-refractivity contribution in [3.8, 4) is 0 Å². The molecule has 0 aromatic carbocycles. The molecule has 1 N–H and O–H groups in total. The average Bonchev–Trinajstić information content (AvgIpc) is 3.28. The van der Waals surface area contributed by atoms with Crippen LogP contribution >= 0.6 is 0 Å². The van der Waals surface area contributed by atoms with E-state index in [4.69, 9.17) is 0 Å². The van der Waals surface area contributed by atoms with Crippen LogP contribution in [0.25, 0.3) is 0 Å². The molecule has 0 radical (unpaired) electrons. The minimum atomic E-state index is -0.477. The maximum absolute atomic E-state index is 13.4. The zero-order valence-corrected chi connectivity index (χ0v) is 18.1. The Kier molecular flexibility index (Phi) is 6.60. The van der Waals surface area contributed by atoms with Crippen LogP contribution in [0.3, 0.4) is 0 Å². The molecule has 0 spiro atoms. The van der Waals surface area contributed by atoms with E-state index in [0.29, 0.717) is 25.4 Å². The number of carbonyl (C=O) groups excluding carboxylic acids is 2. The molecule has 4 rings (SSSR count). The van der Waals surface area contributed by atoms with Crippen molar-refractivity contribution in [1.82, 2.24) is 20.0 Å². The van der Waals surface area contributed by atoms with E-state index in [1.54, 1.807) is 0 Å². The topological polar surface area (TPSA) is 55.9 Å². The van der Waals surface area contributed by atoms with Gasteiger partial charge in [-0.25, -0.2) is 0 Å². The number of hydrogen-bond donors (Lipinski definition) is 1. The second-order valence-electron chi connectivity index (χ2n) is 9.30. The van der Waals surface area contributed by atoms with Gasteiger partial charge in [0, 0.05) is 57.4 Å². The van der Waals surface area contributed by atoms with Gasteiger partial charge in [-0.3, -0.25) is 14.5 Å². The van der Waals surface area contributed by atoms with Gasteiger partial charge < -0.3 is 15.1 Å². The van der Waals surface area contributed by atoms with Crippen molar-refractivity contribution in [1.29, 1.82) is 0 Å². The van der Waals surface area contributed by atoms with Crippen LogP contribution < -0.4 is 5.32 Å². The molecule has 2 aliphatic heterocycles. The zero-order chi connectivity index (χ0) is 20.3. The molecular weight excluding hydrogens is 364 g/mol. The van der Waals surface area contributed by atoms with Gasteiger partial charge in [0.15, 0.2) is 0 Å². The smallest absolute Gasteiger partial charge is 0.232 e. The number of allylic oxidation sites excluding steroid dienone is 1. The number of hydrogen-bond acceptors (Lipinski definition) is 4. The summed E-state index contributed by atoms with van der Waals surface area (Å²) >= 11 is 0. The Balaban J connectivity index is 1.39. The van der Waals surface area contributed by atoms with Crippen molar-refractivity contribution in [2.24, 2.45) is 5.41 Å². The van der Waals surface area contributed by atoms with Crippen molar-refractivity contribution < 1.29 is 9.59 Å². The average molecular weight is 403 g/mol. The van der Waals surface area contributed by atoms with Gasteiger partial charge >= 0.3 is 0 Å². The molecule has 2 aliphatic carbocycles. The van der Waals surface area contributed by atoms with Crippen LogP contribution in [0, 0.1) is 5.41 Å². The van der Waals surface area contributed by atoms with E-state index >= 15 is 0 Å². The first kappa shape index (κ1) is 20.9. The molecule has 29 heavy (non-hydrogen) atoms. The fraction of sp³-hybridized carbons (Fsp3) is 0.826. The van der Waals surface area contributed by atoms with Crippen LogP contribution in [0.1, 0.15) is 64.7 Å². The molecule has 2 heterocycles. The summed E-state index contributed by atoms with van der Waals surface area (Å²) in [7, 11) is 0. The summed E-state index contributed by atoms with van der Waals surface area (Å²) in [6.07, 6.45) is 10.9. The van der Waals surface area contributed by atoms with Crippen LogP contribution in [0.5, 0.6) is 0 Å². The quantitative estimate of drug-likeness (QED) is 0.741. The summed E-state index contributed by atoms with van der Waals surface area (Å²) in [6.45, 7) is 9.39. The van der Waals surface area contributed by atoms with E-state index in [2.05, 4.69) is 33.0 Å². The monoisotopic (exact) mass is 402 g/mol. The highest BCUT2D eigenvalue weighted by Crippen LogP contribution is 2.48. The number of fused-ring (bicyclic) bond motifs is 1. The lowest BCUT2D eigenvalue weighted by atomic mass is 9.68. The van der Waals surface area contributed by atoms with Crippen molar-refractivity contribution in [2.45, 2.75) is 70.8 Å². The van der Waals surface area contributed by atoms with E-state index in [0.717, 1.165) is 77.1 Å². The summed E-state index contributed by atoms with van der Waals surface area (Å²) < 4.78 is 0. The summed E-state index contributed by atoms with van der Waals surface area (Å²) in [6, 6.07) is 0.314. The van der Waals surface area contributed by atoms with E-state index in [1.807, 2.05) is 0 Å². The molecule has 1 saturated carbocycles. The highest BCUT2D eigenvalue weighted by atomic mass is 16.2. The molecule has 2 amide bonds. The van der Waals surface area contributed by atoms with Gasteiger partial charge in [0.25, 0.3) is 0 Å². The largest absolute Gasteiger partial charge is 0.354 e. The summed E-state index contributed by atoms with van der Waals surface area (Å²) in [4.78, 5) is 33.2. The molecule has 6 nitrogen and oxygen atoms in total. The van der Waals surface area contributed by atoms with Crippen LogP contribution in [0.4, 0.5) is 0 Å². The van der Waals surface area contributed by atoms with Gasteiger partial charge in [-0.05, 0) is 45.1 Å². The van der Waals surface area contributed by atoms with Crippen LogP contribution in [-0.4, -0.2) is 78.4 Å². The van der Waals surface area contributed by atoms with Gasteiger partial charge in [0.2, 0.25) is 11.8 Å². The van der Waals surface area contributed by atoms with Gasteiger partial charge in [-0.2, -0.15) is 0 Å². The number of nitrogens with one attached hydrogen (secondary N) is 1. The molecule has 0 aromatic heterocycles. The third-order valence-electron chi connectivity index (χ3n) is 7.68. The minimum Gasteiger partial charge on any atom is -0.354 e. The number of piperazine rings is 1.